The largest absolute Gasteiger partial charge is 0.318 e. The highest BCUT2D eigenvalue weighted by Gasteiger charge is 2.17. The van der Waals surface area contributed by atoms with E-state index >= 15 is 0 Å². The molecule has 2 heterocycles. The Morgan fingerprint density at radius 3 is 2.21 bits per heavy atom. The molecule has 0 amide bonds. The van der Waals surface area contributed by atoms with Crippen LogP contribution in [0.5, 0.6) is 0 Å². The Morgan fingerprint density at radius 2 is 1.57 bits per heavy atom. The first-order valence-electron chi connectivity index (χ1n) is 8.69. The van der Waals surface area contributed by atoms with E-state index in [0.717, 1.165) is 5.69 Å². The van der Waals surface area contributed by atoms with Gasteiger partial charge < -0.3 is 5.32 Å². The molecule has 0 saturated heterocycles. The van der Waals surface area contributed by atoms with Crippen LogP contribution in [0, 0.1) is 6.92 Å². The van der Waals surface area contributed by atoms with Crippen molar-refractivity contribution in [2.24, 2.45) is 7.05 Å². The zero-order chi connectivity index (χ0) is 19.7. The van der Waals surface area contributed by atoms with Crippen molar-refractivity contribution in [1.29, 1.82) is 0 Å². The predicted octanol–water partition coefficient (Wildman–Crippen LogP) is 2.37. The van der Waals surface area contributed by atoms with E-state index in [2.05, 4.69) is 20.5 Å². The molecule has 2 aromatic heterocycles. The van der Waals surface area contributed by atoms with Gasteiger partial charge in [0, 0.05) is 12.6 Å². The summed E-state index contributed by atoms with van der Waals surface area (Å²) in [5.74, 6) is 0.107. The molecule has 4 aromatic rings. The molecule has 2 aromatic carbocycles. The van der Waals surface area contributed by atoms with E-state index in [-0.39, 0.29) is 22.8 Å². The van der Waals surface area contributed by atoms with Crippen molar-refractivity contribution >= 4 is 11.6 Å². The summed E-state index contributed by atoms with van der Waals surface area (Å²) in [6, 6.07) is 18.4. The minimum absolute atomic E-state index is 0.107. The van der Waals surface area contributed by atoms with Crippen molar-refractivity contribution in [2.45, 2.75) is 6.92 Å². The lowest BCUT2D eigenvalue weighted by molar-refractivity contribution is 0.630. The number of aromatic amines is 1. The van der Waals surface area contributed by atoms with Crippen LogP contribution < -0.4 is 16.4 Å². The van der Waals surface area contributed by atoms with E-state index in [1.165, 1.54) is 0 Å². The minimum atomic E-state index is -0.388. The molecule has 28 heavy (non-hydrogen) atoms. The van der Waals surface area contributed by atoms with E-state index in [4.69, 9.17) is 0 Å². The van der Waals surface area contributed by atoms with Gasteiger partial charge in [-0.1, -0.05) is 48.5 Å². The van der Waals surface area contributed by atoms with Gasteiger partial charge in [0.1, 0.15) is 5.69 Å². The second kappa shape index (κ2) is 6.99. The van der Waals surface area contributed by atoms with E-state index in [0.29, 0.717) is 16.9 Å². The van der Waals surface area contributed by atoms with Gasteiger partial charge in [-0.05, 0) is 19.1 Å². The molecule has 0 saturated carbocycles. The number of rotatable bonds is 4. The zero-order valence-corrected chi connectivity index (χ0v) is 15.4. The van der Waals surface area contributed by atoms with Crippen molar-refractivity contribution in [3.63, 3.8) is 0 Å². The zero-order valence-electron chi connectivity index (χ0n) is 15.4. The molecule has 0 bridgehead atoms. The van der Waals surface area contributed by atoms with Crippen LogP contribution in [0.4, 0.5) is 11.6 Å². The fourth-order valence-electron chi connectivity index (χ4n) is 3.01. The molecule has 8 nitrogen and oxygen atoms in total. The summed E-state index contributed by atoms with van der Waals surface area (Å²) >= 11 is 0. The molecule has 0 radical (unpaired) electrons. The van der Waals surface area contributed by atoms with E-state index < -0.39 is 0 Å². The SMILES string of the molecule is Cc1c(Nc2nnc(-c3ccccc3)c(=O)[nH]2)c(=O)n(-c2ccccc2)n1C. The van der Waals surface area contributed by atoms with E-state index in [1.54, 1.807) is 28.5 Å². The Labute approximate surface area is 160 Å². The maximum Gasteiger partial charge on any atom is 0.295 e. The van der Waals surface area contributed by atoms with Crippen molar-refractivity contribution in [3.8, 4) is 16.9 Å². The summed E-state index contributed by atoms with van der Waals surface area (Å²) in [5, 5.41) is 11.0. The number of nitrogens with zero attached hydrogens (tertiary/aromatic N) is 4. The van der Waals surface area contributed by atoms with Gasteiger partial charge in [0.05, 0.1) is 11.4 Å². The molecule has 140 valence electrons. The van der Waals surface area contributed by atoms with Crippen molar-refractivity contribution in [2.75, 3.05) is 5.32 Å². The third kappa shape index (κ3) is 3.01. The van der Waals surface area contributed by atoms with Crippen LogP contribution in [0.1, 0.15) is 5.69 Å². The molecule has 0 atom stereocenters. The van der Waals surface area contributed by atoms with Gasteiger partial charge in [0.15, 0.2) is 5.69 Å². The molecule has 0 aliphatic carbocycles. The van der Waals surface area contributed by atoms with Gasteiger partial charge >= 0.3 is 0 Å². The van der Waals surface area contributed by atoms with Crippen molar-refractivity contribution < 1.29 is 0 Å². The standard InChI is InChI=1S/C20H18N6O2/c1-13-16(19(28)26(25(13)2)15-11-7-4-8-12-15)21-20-22-18(27)17(23-24-20)14-9-5-3-6-10-14/h3-12H,1-2H3,(H2,21,22,24,27). The number of H-pyrrole nitrogens is 1. The molecule has 0 aliphatic heterocycles. The van der Waals surface area contributed by atoms with Crippen LogP contribution in [-0.4, -0.2) is 24.5 Å². The fourth-order valence-corrected chi connectivity index (χ4v) is 3.01. The predicted molar refractivity (Wildman–Crippen MR) is 107 cm³/mol. The van der Waals surface area contributed by atoms with Crippen LogP contribution in [0.2, 0.25) is 0 Å². The number of anilines is 2. The average Bonchev–Trinajstić information content (AvgIpc) is 2.93. The number of hydrogen-bond acceptors (Lipinski definition) is 5. The number of para-hydroxylation sites is 1. The number of nitrogens with one attached hydrogen (secondary N) is 2. The Hall–Kier alpha value is -3.94. The summed E-state index contributed by atoms with van der Waals surface area (Å²) in [6.07, 6.45) is 0. The van der Waals surface area contributed by atoms with Gasteiger partial charge in [-0.3, -0.25) is 19.3 Å². The summed E-state index contributed by atoms with van der Waals surface area (Å²) in [7, 11) is 1.79. The summed E-state index contributed by atoms with van der Waals surface area (Å²) in [4.78, 5) is 28.0. The van der Waals surface area contributed by atoms with Gasteiger partial charge in [0.2, 0.25) is 5.95 Å². The Kier molecular flexibility index (Phi) is 4.36. The highest BCUT2D eigenvalue weighted by molar-refractivity contribution is 5.59. The first kappa shape index (κ1) is 17.5. The van der Waals surface area contributed by atoms with Gasteiger partial charge in [0.25, 0.3) is 11.1 Å². The number of aromatic nitrogens is 5. The molecule has 0 spiro atoms. The third-order valence-electron chi connectivity index (χ3n) is 4.54. The Morgan fingerprint density at radius 1 is 0.929 bits per heavy atom. The Balaban J connectivity index is 1.72. The van der Waals surface area contributed by atoms with Crippen LogP contribution in [0.25, 0.3) is 16.9 Å². The second-order valence-corrected chi connectivity index (χ2v) is 6.28. The van der Waals surface area contributed by atoms with Crippen LogP contribution >= 0.6 is 0 Å². The monoisotopic (exact) mass is 374 g/mol. The molecular formula is C20H18N6O2. The third-order valence-corrected chi connectivity index (χ3v) is 4.54. The second-order valence-electron chi connectivity index (χ2n) is 6.28. The molecule has 4 rings (SSSR count). The van der Waals surface area contributed by atoms with E-state index in [1.807, 2.05) is 55.5 Å². The highest BCUT2D eigenvalue weighted by atomic mass is 16.1. The summed E-state index contributed by atoms with van der Waals surface area (Å²) < 4.78 is 3.28. The quantitative estimate of drug-likeness (QED) is 0.572. The normalized spacial score (nSPS) is 10.8. The number of benzene rings is 2. The molecule has 2 N–H and O–H groups in total. The molecular weight excluding hydrogens is 356 g/mol. The lowest BCUT2D eigenvalue weighted by Crippen LogP contribution is -2.21. The topological polar surface area (TPSA) is 97.6 Å². The summed E-state index contributed by atoms with van der Waals surface area (Å²) in [6.45, 7) is 1.81. The van der Waals surface area contributed by atoms with Crippen LogP contribution in [0.3, 0.4) is 0 Å². The smallest absolute Gasteiger partial charge is 0.295 e. The number of hydrogen-bond donors (Lipinski definition) is 2. The maximum atomic E-state index is 12.9. The molecule has 8 heteroatoms. The lowest BCUT2D eigenvalue weighted by Gasteiger charge is -2.07. The highest BCUT2D eigenvalue weighted by Crippen LogP contribution is 2.17. The van der Waals surface area contributed by atoms with Gasteiger partial charge in [-0.25, -0.2) is 4.68 Å². The molecule has 0 aliphatic rings. The van der Waals surface area contributed by atoms with Gasteiger partial charge in [-0.2, -0.15) is 0 Å². The molecule has 0 unspecified atom stereocenters. The van der Waals surface area contributed by atoms with Crippen molar-refractivity contribution in [1.82, 2.24) is 24.5 Å². The molecule has 0 fully saturated rings. The minimum Gasteiger partial charge on any atom is -0.318 e. The Bertz CT molecular complexity index is 1240. The van der Waals surface area contributed by atoms with E-state index in [9.17, 15) is 9.59 Å². The average molecular weight is 374 g/mol. The fraction of sp³-hybridized carbons (Fsp3) is 0.100. The van der Waals surface area contributed by atoms with Gasteiger partial charge in [-0.15, -0.1) is 10.2 Å². The summed E-state index contributed by atoms with van der Waals surface area (Å²) in [5.41, 5.74) is 2.02. The van der Waals surface area contributed by atoms with Crippen LogP contribution in [-0.2, 0) is 7.05 Å². The maximum absolute atomic E-state index is 12.9. The lowest BCUT2D eigenvalue weighted by atomic mass is 10.2. The van der Waals surface area contributed by atoms with Crippen LogP contribution in [0.15, 0.2) is 70.3 Å². The van der Waals surface area contributed by atoms with Crippen molar-refractivity contribution in [3.05, 3.63) is 87.1 Å². The first-order chi connectivity index (χ1) is 13.6. The first-order valence-corrected chi connectivity index (χ1v) is 8.69.